The number of nitrogens with zero attached hydrogens (tertiary/aromatic N) is 3. The van der Waals surface area contributed by atoms with E-state index in [4.69, 9.17) is 32.4 Å². The first kappa shape index (κ1) is 24.4. The van der Waals surface area contributed by atoms with E-state index in [2.05, 4.69) is 9.98 Å². The number of hydrogen-bond acceptors (Lipinski definition) is 8. The Morgan fingerprint density at radius 3 is 2.29 bits per heavy atom. The van der Waals surface area contributed by atoms with Gasteiger partial charge in [0.05, 0.1) is 10.8 Å². The van der Waals surface area contributed by atoms with Crippen LogP contribution in [0.5, 0.6) is 5.75 Å². The zero-order valence-electron chi connectivity index (χ0n) is 17.5. The lowest BCUT2D eigenvalue weighted by Crippen LogP contribution is -2.54. The quantitative estimate of drug-likeness (QED) is 0.573. The molecule has 0 fully saturated rings. The Hall–Kier alpha value is -2.82. The van der Waals surface area contributed by atoms with Crippen molar-refractivity contribution in [2.24, 2.45) is 21.5 Å². The third-order valence-electron chi connectivity index (χ3n) is 4.17. The van der Waals surface area contributed by atoms with Crippen LogP contribution in [0.1, 0.15) is 26.3 Å². The molecule has 0 bridgehead atoms. The van der Waals surface area contributed by atoms with Gasteiger partial charge in [-0.3, -0.25) is 9.45 Å². The number of aliphatic imine (C=N–C) groups is 2. The van der Waals surface area contributed by atoms with E-state index in [1.807, 2.05) is 56.3 Å². The van der Waals surface area contributed by atoms with Gasteiger partial charge in [-0.15, -0.1) is 0 Å². The summed E-state index contributed by atoms with van der Waals surface area (Å²) in [5.41, 5.74) is 12.9. The number of anilines is 1. The summed E-state index contributed by atoms with van der Waals surface area (Å²) >= 11 is 6.39. The predicted octanol–water partition coefficient (Wildman–Crippen LogP) is 3.00. The van der Waals surface area contributed by atoms with E-state index >= 15 is 0 Å². The Kier molecular flexibility index (Phi) is 7.88. The first-order valence-corrected chi connectivity index (χ1v) is 11.3. The first-order chi connectivity index (χ1) is 14.4. The summed E-state index contributed by atoms with van der Waals surface area (Å²) in [6.07, 6.45) is 0. The summed E-state index contributed by atoms with van der Waals surface area (Å²) in [4.78, 5) is 10.1. The number of ether oxygens (including phenoxy) is 1. The number of hydrogen-bond donors (Lipinski definition) is 3. The van der Waals surface area contributed by atoms with Crippen LogP contribution in [0.15, 0.2) is 58.5 Å². The zero-order chi connectivity index (χ0) is 23.2. The van der Waals surface area contributed by atoms with Gasteiger partial charge in [-0.2, -0.15) is 13.4 Å². The molecule has 2 aromatic carbocycles. The lowest BCUT2D eigenvalue weighted by molar-refractivity contribution is 0.306. The average molecular weight is 468 g/mol. The van der Waals surface area contributed by atoms with E-state index in [1.165, 1.54) is 6.92 Å². The highest BCUT2D eigenvalue weighted by Crippen LogP contribution is 2.34. The molecule has 0 saturated carbocycles. The number of halogens is 1. The lowest BCUT2D eigenvalue weighted by Gasteiger charge is -2.38. The van der Waals surface area contributed by atoms with Gasteiger partial charge in [0.25, 0.3) is 10.1 Å². The molecule has 0 atom stereocenters. The van der Waals surface area contributed by atoms with E-state index in [1.54, 1.807) is 11.0 Å². The van der Waals surface area contributed by atoms with Gasteiger partial charge in [0.2, 0.25) is 11.9 Å². The van der Waals surface area contributed by atoms with Gasteiger partial charge in [0.15, 0.2) is 0 Å². The molecule has 0 amide bonds. The van der Waals surface area contributed by atoms with Crippen molar-refractivity contribution < 1.29 is 17.7 Å². The highest BCUT2D eigenvalue weighted by Gasteiger charge is 2.33. The fourth-order valence-electron chi connectivity index (χ4n) is 2.73. The molecule has 5 N–H and O–H groups in total. The van der Waals surface area contributed by atoms with Gasteiger partial charge in [-0.05, 0) is 44.5 Å². The van der Waals surface area contributed by atoms with Crippen molar-refractivity contribution in [3.05, 3.63) is 59.1 Å². The van der Waals surface area contributed by atoms with Crippen LogP contribution in [-0.2, 0) is 16.7 Å². The second-order valence-electron chi connectivity index (χ2n) is 7.03. The number of nitrogens with two attached hydrogens (primary N) is 2. The molecule has 0 aliphatic carbocycles. The molecule has 2 aromatic rings. The molecule has 0 radical (unpaired) electrons. The van der Waals surface area contributed by atoms with E-state index in [9.17, 15) is 8.42 Å². The standard InChI is InChI=1S/C18H20ClN5O.C2H6O3S/c1-18(2)23-16(20)22-17(21)24(18)13-8-9-15(14(19)10-13)25-11-12-6-4-3-5-7-12;1-2-6(3,4)5/h3-10H,11H2,1-2H3,(H4,20,21,22,23);2H2,1H3,(H,3,4,5). The summed E-state index contributed by atoms with van der Waals surface area (Å²) in [5, 5.41) is 0.486. The monoisotopic (exact) mass is 467 g/mol. The molecular weight excluding hydrogens is 442 g/mol. The maximum atomic E-state index is 9.56. The third-order valence-corrected chi connectivity index (χ3v) is 5.19. The van der Waals surface area contributed by atoms with Crippen molar-refractivity contribution in [2.45, 2.75) is 33.0 Å². The van der Waals surface area contributed by atoms with Gasteiger partial charge in [-0.1, -0.05) is 41.9 Å². The van der Waals surface area contributed by atoms with E-state index in [0.29, 0.717) is 17.4 Å². The smallest absolute Gasteiger partial charge is 0.264 e. The zero-order valence-corrected chi connectivity index (χ0v) is 19.1. The molecule has 31 heavy (non-hydrogen) atoms. The highest BCUT2D eigenvalue weighted by atomic mass is 35.5. The van der Waals surface area contributed by atoms with Crippen LogP contribution in [-0.4, -0.2) is 36.3 Å². The van der Waals surface area contributed by atoms with Crippen LogP contribution < -0.4 is 21.1 Å². The normalized spacial score (nSPS) is 15.3. The average Bonchev–Trinajstić information content (AvgIpc) is 2.66. The fraction of sp³-hybridized carbons (Fsp3) is 0.300. The number of rotatable bonds is 5. The summed E-state index contributed by atoms with van der Waals surface area (Å²) in [6.45, 7) is 5.61. The van der Waals surface area contributed by atoms with Gasteiger partial charge in [0.1, 0.15) is 18.0 Å². The van der Waals surface area contributed by atoms with Crippen molar-refractivity contribution in [1.82, 2.24) is 0 Å². The second-order valence-corrected chi connectivity index (χ2v) is 9.18. The predicted molar refractivity (Wildman–Crippen MR) is 124 cm³/mol. The Balaban J connectivity index is 0.000000501. The van der Waals surface area contributed by atoms with Gasteiger partial charge < -0.3 is 16.2 Å². The number of benzene rings is 2. The number of guanidine groups is 2. The molecule has 0 spiro atoms. The summed E-state index contributed by atoms with van der Waals surface area (Å²) in [7, 11) is -3.66. The molecule has 11 heteroatoms. The van der Waals surface area contributed by atoms with Crippen molar-refractivity contribution in [1.29, 1.82) is 0 Å². The topological polar surface area (TPSA) is 144 Å². The van der Waals surface area contributed by atoms with Gasteiger partial charge in [-0.25, -0.2) is 4.99 Å². The molecule has 1 heterocycles. The largest absolute Gasteiger partial charge is 0.487 e. The molecule has 1 aliphatic heterocycles. The van der Waals surface area contributed by atoms with Gasteiger partial charge >= 0.3 is 0 Å². The van der Waals surface area contributed by atoms with Crippen LogP contribution in [0.2, 0.25) is 5.02 Å². The minimum atomic E-state index is -3.66. The van der Waals surface area contributed by atoms with Crippen LogP contribution in [0.3, 0.4) is 0 Å². The Bertz CT molecular complexity index is 1070. The molecule has 1 aliphatic rings. The van der Waals surface area contributed by atoms with Crippen LogP contribution in [0.4, 0.5) is 5.69 Å². The molecule has 0 aromatic heterocycles. The van der Waals surface area contributed by atoms with Crippen molar-refractivity contribution >= 4 is 39.3 Å². The Morgan fingerprint density at radius 2 is 1.77 bits per heavy atom. The van der Waals surface area contributed by atoms with E-state index in [-0.39, 0.29) is 17.7 Å². The highest BCUT2D eigenvalue weighted by molar-refractivity contribution is 7.85. The molecular formula is C20H26ClN5O4S. The Labute approximate surface area is 187 Å². The van der Waals surface area contributed by atoms with Crippen molar-refractivity contribution in [3.63, 3.8) is 0 Å². The van der Waals surface area contributed by atoms with Crippen molar-refractivity contribution in [3.8, 4) is 5.75 Å². The van der Waals surface area contributed by atoms with E-state index in [0.717, 1.165) is 11.3 Å². The summed E-state index contributed by atoms with van der Waals surface area (Å²) in [5.74, 6) is 0.828. The summed E-state index contributed by atoms with van der Waals surface area (Å²) < 4.78 is 32.7. The molecule has 0 unspecified atom stereocenters. The molecule has 9 nitrogen and oxygen atoms in total. The minimum absolute atomic E-state index is 0.160. The SMILES string of the molecule is CC1(C)N=C(N)N=C(N)N1c1ccc(OCc2ccccc2)c(Cl)c1.CCS(=O)(=O)O. The van der Waals surface area contributed by atoms with Crippen molar-refractivity contribution in [2.75, 3.05) is 10.7 Å². The Morgan fingerprint density at radius 1 is 1.16 bits per heavy atom. The molecule has 3 rings (SSSR count). The second kappa shape index (κ2) is 9.99. The minimum Gasteiger partial charge on any atom is -0.487 e. The maximum Gasteiger partial charge on any atom is 0.264 e. The van der Waals surface area contributed by atoms with Gasteiger partial charge in [0, 0.05) is 5.69 Å². The summed E-state index contributed by atoms with van der Waals surface area (Å²) in [6, 6.07) is 15.4. The lowest BCUT2D eigenvalue weighted by atomic mass is 10.1. The first-order valence-electron chi connectivity index (χ1n) is 9.34. The molecule has 168 valence electrons. The fourth-order valence-corrected chi connectivity index (χ4v) is 2.96. The van der Waals surface area contributed by atoms with Crippen LogP contribution in [0, 0.1) is 0 Å². The van der Waals surface area contributed by atoms with Crippen LogP contribution >= 0.6 is 11.6 Å². The third kappa shape index (κ3) is 7.12. The molecule has 0 saturated heterocycles. The van der Waals surface area contributed by atoms with Crippen LogP contribution in [0.25, 0.3) is 0 Å². The maximum absolute atomic E-state index is 9.56. The van der Waals surface area contributed by atoms with E-state index < -0.39 is 15.8 Å².